The van der Waals surface area contributed by atoms with Crippen molar-refractivity contribution in [2.75, 3.05) is 20.1 Å². The molecule has 146 valence electrons. The molecule has 2 rings (SSSR count). The third kappa shape index (κ3) is 5.54. The van der Waals surface area contributed by atoms with Crippen LogP contribution in [0, 0.1) is 5.82 Å². The summed E-state index contributed by atoms with van der Waals surface area (Å²) in [6.45, 7) is 5.39. The molecule has 7 nitrogen and oxygen atoms in total. The van der Waals surface area contributed by atoms with Crippen LogP contribution in [0.1, 0.15) is 41.2 Å². The molecule has 1 aromatic carbocycles. The monoisotopic (exact) mass is 375 g/mol. The Labute approximate surface area is 158 Å². The predicted molar refractivity (Wildman–Crippen MR) is 102 cm³/mol. The number of carbonyl (C=O) groups is 1. The van der Waals surface area contributed by atoms with Gasteiger partial charge in [0.1, 0.15) is 11.6 Å². The van der Waals surface area contributed by atoms with Gasteiger partial charge in [0.25, 0.3) is 5.91 Å². The van der Waals surface area contributed by atoms with Crippen LogP contribution in [0.15, 0.2) is 33.8 Å². The van der Waals surface area contributed by atoms with Crippen molar-refractivity contribution in [3.05, 3.63) is 52.7 Å². The van der Waals surface area contributed by atoms with Gasteiger partial charge in [-0.1, -0.05) is 31.1 Å². The fourth-order valence-corrected chi connectivity index (χ4v) is 2.63. The number of aliphatic imine (C=N–C) groups is 1. The smallest absolute Gasteiger partial charge is 0.254 e. The Morgan fingerprint density at radius 2 is 1.89 bits per heavy atom. The molecule has 1 amide bonds. The van der Waals surface area contributed by atoms with Crippen molar-refractivity contribution in [2.45, 2.75) is 33.2 Å². The van der Waals surface area contributed by atoms with Crippen LogP contribution in [0.25, 0.3) is 0 Å². The zero-order valence-electron chi connectivity index (χ0n) is 15.9. The summed E-state index contributed by atoms with van der Waals surface area (Å²) in [7, 11) is 1.67. The summed E-state index contributed by atoms with van der Waals surface area (Å²) in [5.41, 5.74) is 2.02. The Balaban J connectivity index is 1.79. The van der Waals surface area contributed by atoms with E-state index in [9.17, 15) is 9.18 Å². The molecule has 3 N–H and O–H groups in total. The van der Waals surface area contributed by atoms with Gasteiger partial charge in [-0.25, -0.2) is 4.39 Å². The van der Waals surface area contributed by atoms with Crippen molar-refractivity contribution in [2.24, 2.45) is 4.99 Å². The van der Waals surface area contributed by atoms with Gasteiger partial charge in [0, 0.05) is 38.7 Å². The first-order valence-corrected chi connectivity index (χ1v) is 9.04. The van der Waals surface area contributed by atoms with Gasteiger partial charge >= 0.3 is 0 Å². The van der Waals surface area contributed by atoms with Crippen molar-refractivity contribution in [3.8, 4) is 0 Å². The number of aryl methyl sites for hydroxylation is 2. The lowest BCUT2D eigenvalue weighted by molar-refractivity contribution is 0.0950. The number of hydrogen-bond acceptors (Lipinski definition) is 4. The van der Waals surface area contributed by atoms with Crippen LogP contribution in [0.2, 0.25) is 0 Å². The molecule has 0 atom stereocenters. The van der Waals surface area contributed by atoms with E-state index in [1.807, 2.05) is 13.8 Å². The van der Waals surface area contributed by atoms with Gasteiger partial charge in [0.2, 0.25) is 0 Å². The molecule has 27 heavy (non-hydrogen) atoms. The number of halogens is 1. The molecular formula is C19H26FN5O2. The predicted octanol–water partition coefficient (Wildman–Crippen LogP) is 2.03. The topological polar surface area (TPSA) is 91.6 Å². The van der Waals surface area contributed by atoms with E-state index < -0.39 is 11.7 Å². The maximum absolute atomic E-state index is 13.6. The second-order valence-corrected chi connectivity index (χ2v) is 5.83. The molecule has 0 aliphatic carbocycles. The first-order chi connectivity index (χ1) is 13.1. The number of nitrogens with zero attached hydrogens (tertiary/aromatic N) is 2. The quantitative estimate of drug-likeness (QED) is 0.373. The summed E-state index contributed by atoms with van der Waals surface area (Å²) in [5, 5.41) is 13.1. The van der Waals surface area contributed by atoms with Crippen LogP contribution in [0.5, 0.6) is 0 Å². The fraction of sp³-hybridized carbons (Fsp3) is 0.421. The summed E-state index contributed by atoms with van der Waals surface area (Å²) < 4.78 is 18.9. The van der Waals surface area contributed by atoms with E-state index >= 15 is 0 Å². The van der Waals surface area contributed by atoms with Gasteiger partial charge in [-0.2, -0.15) is 0 Å². The number of guanidine groups is 1. The lowest BCUT2D eigenvalue weighted by Gasteiger charge is -2.13. The second-order valence-electron chi connectivity index (χ2n) is 5.83. The number of benzene rings is 1. The van der Waals surface area contributed by atoms with Crippen LogP contribution in [0.4, 0.5) is 4.39 Å². The molecule has 0 unspecified atom stereocenters. The fourth-order valence-electron chi connectivity index (χ4n) is 2.63. The highest BCUT2D eigenvalue weighted by atomic mass is 19.1. The van der Waals surface area contributed by atoms with Crippen molar-refractivity contribution in [3.63, 3.8) is 0 Å². The Hall–Kier alpha value is -2.90. The molecular weight excluding hydrogens is 349 g/mol. The summed E-state index contributed by atoms with van der Waals surface area (Å²) in [5.74, 6) is 0.488. The van der Waals surface area contributed by atoms with Crippen LogP contribution in [0.3, 0.4) is 0 Å². The Kier molecular flexibility index (Phi) is 7.79. The van der Waals surface area contributed by atoms with E-state index in [1.54, 1.807) is 19.2 Å². The molecule has 0 fully saturated rings. The molecule has 0 aliphatic rings. The Morgan fingerprint density at radius 3 is 2.56 bits per heavy atom. The minimum atomic E-state index is -0.535. The van der Waals surface area contributed by atoms with Gasteiger partial charge in [0.05, 0.1) is 11.3 Å². The highest BCUT2D eigenvalue weighted by Crippen LogP contribution is 2.15. The normalized spacial score (nSPS) is 11.3. The van der Waals surface area contributed by atoms with Crippen LogP contribution >= 0.6 is 0 Å². The Bertz CT molecular complexity index is 767. The molecule has 0 aliphatic heterocycles. The van der Waals surface area contributed by atoms with E-state index in [1.165, 1.54) is 12.1 Å². The molecule has 0 saturated carbocycles. The van der Waals surface area contributed by atoms with Crippen molar-refractivity contribution in [1.29, 1.82) is 0 Å². The zero-order valence-corrected chi connectivity index (χ0v) is 15.9. The summed E-state index contributed by atoms with van der Waals surface area (Å²) in [4.78, 5) is 16.1. The van der Waals surface area contributed by atoms with E-state index in [2.05, 4.69) is 26.1 Å². The molecule has 0 spiro atoms. The molecule has 1 heterocycles. The van der Waals surface area contributed by atoms with Crippen molar-refractivity contribution < 1.29 is 13.7 Å². The molecule has 0 saturated heterocycles. The molecule has 1 aromatic heterocycles. The first kappa shape index (κ1) is 20.4. The third-order valence-corrected chi connectivity index (χ3v) is 4.08. The lowest BCUT2D eigenvalue weighted by atomic mass is 10.1. The standard InChI is InChI=1S/C19H26FN5O2/c1-4-16-14(17(5-2)27-25-16)12-24-19(21-3)23-11-10-22-18(26)13-8-6-7-9-15(13)20/h6-9H,4-5,10-12H2,1-3H3,(H,22,26)(H2,21,23,24). The SMILES string of the molecule is CCc1noc(CC)c1CNC(=NC)NCCNC(=O)c1ccccc1F. The summed E-state index contributed by atoms with van der Waals surface area (Å²) in [6, 6.07) is 5.89. The van der Waals surface area contributed by atoms with Gasteiger partial charge in [-0.3, -0.25) is 9.79 Å². The molecule has 0 bridgehead atoms. The average molecular weight is 375 g/mol. The largest absolute Gasteiger partial charge is 0.361 e. The number of aromatic nitrogens is 1. The van der Waals surface area contributed by atoms with Gasteiger partial charge in [-0.15, -0.1) is 0 Å². The maximum atomic E-state index is 13.6. The van der Waals surface area contributed by atoms with Crippen molar-refractivity contribution >= 4 is 11.9 Å². The van der Waals surface area contributed by atoms with E-state index in [0.717, 1.165) is 29.9 Å². The minimum Gasteiger partial charge on any atom is -0.361 e. The zero-order chi connectivity index (χ0) is 19.6. The molecule has 2 aromatic rings. The highest BCUT2D eigenvalue weighted by Gasteiger charge is 2.14. The number of carbonyl (C=O) groups excluding carboxylic acids is 1. The first-order valence-electron chi connectivity index (χ1n) is 9.04. The number of nitrogens with one attached hydrogen (secondary N) is 3. The van der Waals surface area contributed by atoms with Crippen LogP contribution in [-0.4, -0.2) is 37.2 Å². The highest BCUT2D eigenvalue weighted by molar-refractivity contribution is 5.94. The van der Waals surface area contributed by atoms with Gasteiger partial charge in [-0.05, 0) is 18.6 Å². The molecule has 0 radical (unpaired) electrons. The minimum absolute atomic E-state index is 0.0339. The lowest BCUT2D eigenvalue weighted by Crippen LogP contribution is -2.41. The third-order valence-electron chi connectivity index (χ3n) is 4.08. The second kappa shape index (κ2) is 10.3. The Morgan fingerprint density at radius 1 is 1.15 bits per heavy atom. The number of amides is 1. The van der Waals surface area contributed by atoms with Gasteiger partial charge in [0.15, 0.2) is 5.96 Å². The van der Waals surface area contributed by atoms with Crippen molar-refractivity contribution in [1.82, 2.24) is 21.1 Å². The van der Waals surface area contributed by atoms with Crippen LogP contribution < -0.4 is 16.0 Å². The number of hydrogen-bond donors (Lipinski definition) is 3. The summed E-state index contributed by atoms with van der Waals surface area (Å²) >= 11 is 0. The molecule has 8 heteroatoms. The van der Waals surface area contributed by atoms with Crippen LogP contribution in [-0.2, 0) is 19.4 Å². The maximum Gasteiger partial charge on any atom is 0.254 e. The van der Waals surface area contributed by atoms with E-state index in [4.69, 9.17) is 4.52 Å². The average Bonchev–Trinajstić information content (AvgIpc) is 3.09. The van der Waals surface area contributed by atoms with E-state index in [-0.39, 0.29) is 5.56 Å². The van der Waals surface area contributed by atoms with E-state index in [0.29, 0.717) is 25.6 Å². The number of rotatable bonds is 8. The van der Waals surface area contributed by atoms with Gasteiger partial charge < -0.3 is 20.5 Å². The summed E-state index contributed by atoms with van der Waals surface area (Å²) in [6.07, 6.45) is 1.58.